The molecule has 2 aromatic carbocycles. The van der Waals surface area contributed by atoms with Crippen molar-refractivity contribution in [3.05, 3.63) is 60.2 Å². The average molecular weight is 453 g/mol. The number of carbonyl (C=O) groups is 2. The van der Waals surface area contributed by atoms with Gasteiger partial charge in [0.1, 0.15) is 17.7 Å². The van der Waals surface area contributed by atoms with Crippen molar-refractivity contribution in [2.75, 3.05) is 19.8 Å². The van der Waals surface area contributed by atoms with E-state index in [0.29, 0.717) is 23.7 Å². The molecule has 0 aliphatic heterocycles. The quantitative estimate of drug-likeness (QED) is 0.305. The van der Waals surface area contributed by atoms with Gasteiger partial charge in [-0.25, -0.2) is 0 Å². The molecule has 0 fully saturated rings. The van der Waals surface area contributed by atoms with E-state index in [9.17, 15) is 9.59 Å². The van der Waals surface area contributed by atoms with Crippen molar-refractivity contribution in [3.8, 4) is 11.5 Å². The van der Waals surface area contributed by atoms with Gasteiger partial charge in [0, 0.05) is 19.6 Å². The molecule has 0 saturated carbocycles. The van der Waals surface area contributed by atoms with Crippen molar-refractivity contribution >= 4 is 35.0 Å². The molecule has 2 aromatic rings. The molecule has 0 aliphatic rings. The fourth-order valence-electron chi connectivity index (χ4n) is 2.74. The number of halogens is 2. The highest BCUT2D eigenvalue weighted by Crippen LogP contribution is 2.26. The predicted octanol–water partition coefficient (Wildman–Crippen LogP) is 4.67. The molecule has 8 heteroatoms. The number of amides is 2. The van der Waals surface area contributed by atoms with Gasteiger partial charge in [-0.05, 0) is 36.8 Å². The third kappa shape index (κ3) is 7.20. The average Bonchev–Trinajstić information content (AvgIpc) is 2.76. The van der Waals surface area contributed by atoms with Crippen LogP contribution >= 0.6 is 23.2 Å². The molecule has 1 atom stereocenters. The van der Waals surface area contributed by atoms with Crippen molar-refractivity contribution in [2.24, 2.45) is 0 Å². The first-order chi connectivity index (χ1) is 14.5. The van der Waals surface area contributed by atoms with E-state index < -0.39 is 16.9 Å². The first-order valence-corrected chi connectivity index (χ1v) is 10.6. The molecule has 2 amide bonds. The Morgan fingerprint density at radius 3 is 2.20 bits per heavy atom. The van der Waals surface area contributed by atoms with Crippen LogP contribution in [0.5, 0.6) is 11.5 Å². The summed E-state index contributed by atoms with van der Waals surface area (Å²) in [6.07, 6.45) is -0.471. The van der Waals surface area contributed by atoms with Gasteiger partial charge in [0.25, 0.3) is 5.91 Å². The summed E-state index contributed by atoms with van der Waals surface area (Å²) in [4.78, 5) is 25.0. The first-order valence-electron chi connectivity index (χ1n) is 9.74. The normalized spacial score (nSPS) is 11.8. The van der Waals surface area contributed by atoms with E-state index >= 15 is 0 Å². The molecule has 0 spiro atoms. The zero-order valence-corrected chi connectivity index (χ0v) is 18.5. The minimum atomic E-state index is -1.26. The molecular weight excluding hydrogens is 427 g/mol. The third-order valence-electron chi connectivity index (χ3n) is 4.26. The maximum atomic E-state index is 12.7. The van der Waals surface area contributed by atoms with E-state index in [4.69, 9.17) is 32.7 Å². The topological polar surface area (TPSA) is 67.9 Å². The first kappa shape index (κ1) is 24.0. The van der Waals surface area contributed by atoms with Gasteiger partial charge in [-0.3, -0.25) is 9.59 Å². The van der Waals surface area contributed by atoms with Crippen LogP contribution in [0.15, 0.2) is 54.6 Å². The SMILES string of the molecule is CCOCCN(C(=O)C(Cl)Cl)C(NC(=O)CC)c1ccc(Oc2ccccc2)cc1. The van der Waals surface area contributed by atoms with Crippen molar-refractivity contribution in [3.63, 3.8) is 0 Å². The lowest BCUT2D eigenvalue weighted by Gasteiger charge is -2.33. The Hall–Kier alpha value is -2.28. The van der Waals surface area contributed by atoms with Crippen LogP contribution in [0.4, 0.5) is 0 Å². The van der Waals surface area contributed by atoms with Gasteiger partial charge in [-0.2, -0.15) is 0 Å². The number of nitrogens with one attached hydrogen (secondary N) is 1. The van der Waals surface area contributed by atoms with E-state index in [1.165, 1.54) is 4.90 Å². The Balaban J connectivity index is 2.28. The van der Waals surface area contributed by atoms with Gasteiger partial charge >= 0.3 is 0 Å². The molecule has 0 bridgehead atoms. The minimum Gasteiger partial charge on any atom is -0.457 e. The molecular formula is C22H26Cl2N2O4. The van der Waals surface area contributed by atoms with Crippen molar-refractivity contribution < 1.29 is 19.1 Å². The van der Waals surface area contributed by atoms with E-state index in [2.05, 4.69) is 5.32 Å². The van der Waals surface area contributed by atoms with Crippen LogP contribution in [0, 0.1) is 0 Å². The minimum absolute atomic E-state index is 0.209. The molecule has 0 radical (unpaired) electrons. The van der Waals surface area contributed by atoms with Crippen LogP contribution in [0.2, 0.25) is 0 Å². The number of alkyl halides is 2. The summed E-state index contributed by atoms with van der Waals surface area (Å²) in [5.74, 6) is 0.621. The number of ether oxygens (including phenoxy) is 2. The van der Waals surface area contributed by atoms with Crippen LogP contribution in [0.25, 0.3) is 0 Å². The van der Waals surface area contributed by atoms with Crippen molar-refractivity contribution in [1.29, 1.82) is 0 Å². The van der Waals surface area contributed by atoms with E-state index in [1.54, 1.807) is 31.2 Å². The fourth-order valence-corrected chi connectivity index (χ4v) is 2.99. The van der Waals surface area contributed by atoms with Crippen LogP contribution in [0.3, 0.4) is 0 Å². The highest BCUT2D eigenvalue weighted by atomic mass is 35.5. The highest BCUT2D eigenvalue weighted by molar-refractivity contribution is 6.53. The van der Waals surface area contributed by atoms with Gasteiger partial charge in [0.05, 0.1) is 6.61 Å². The number of benzene rings is 2. The van der Waals surface area contributed by atoms with Gasteiger partial charge in [-0.1, -0.05) is 60.5 Å². The molecule has 6 nitrogen and oxygen atoms in total. The third-order valence-corrected chi connectivity index (χ3v) is 4.63. The summed E-state index contributed by atoms with van der Waals surface area (Å²) in [7, 11) is 0. The lowest BCUT2D eigenvalue weighted by Crippen LogP contribution is -2.47. The van der Waals surface area contributed by atoms with E-state index in [1.807, 2.05) is 37.3 Å². The van der Waals surface area contributed by atoms with Crippen LogP contribution < -0.4 is 10.1 Å². The maximum absolute atomic E-state index is 12.7. The van der Waals surface area contributed by atoms with Gasteiger partial charge in [-0.15, -0.1) is 0 Å². The van der Waals surface area contributed by atoms with E-state index in [-0.39, 0.29) is 25.5 Å². The lowest BCUT2D eigenvalue weighted by molar-refractivity contribution is -0.135. The van der Waals surface area contributed by atoms with Gasteiger partial charge < -0.3 is 19.7 Å². The number of para-hydroxylation sites is 1. The zero-order chi connectivity index (χ0) is 21.9. The lowest BCUT2D eigenvalue weighted by atomic mass is 10.1. The molecule has 0 aromatic heterocycles. The predicted molar refractivity (Wildman–Crippen MR) is 118 cm³/mol. The Morgan fingerprint density at radius 1 is 1.00 bits per heavy atom. The van der Waals surface area contributed by atoms with Crippen LogP contribution in [0.1, 0.15) is 32.0 Å². The highest BCUT2D eigenvalue weighted by Gasteiger charge is 2.29. The molecule has 1 unspecified atom stereocenters. The van der Waals surface area contributed by atoms with E-state index in [0.717, 1.165) is 0 Å². The second-order valence-corrected chi connectivity index (χ2v) is 7.43. The number of rotatable bonds is 11. The Bertz CT molecular complexity index is 801. The second kappa shape index (κ2) is 12.4. The summed E-state index contributed by atoms with van der Waals surface area (Å²) in [5.41, 5.74) is 0.691. The standard InChI is InChI=1S/C22H26Cl2N2O4/c1-3-19(27)25-21(26(14-15-29-4-2)22(28)20(23)24)16-10-12-18(13-11-16)30-17-8-6-5-7-9-17/h5-13,20-21H,3-4,14-15H2,1-2H3,(H,25,27). The van der Waals surface area contributed by atoms with Crippen molar-refractivity contribution in [2.45, 2.75) is 31.3 Å². The number of nitrogens with zero attached hydrogens (tertiary/aromatic N) is 1. The molecule has 1 N–H and O–H groups in total. The zero-order valence-electron chi connectivity index (χ0n) is 17.0. The van der Waals surface area contributed by atoms with Gasteiger partial charge in [0.2, 0.25) is 5.91 Å². The molecule has 0 saturated heterocycles. The Labute approximate surface area is 187 Å². The summed E-state index contributed by atoms with van der Waals surface area (Å²) < 4.78 is 11.2. The largest absolute Gasteiger partial charge is 0.457 e. The summed E-state index contributed by atoms with van der Waals surface area (Å²) >= 11 is 11.7. The summed E-state index contributed by atoms with van der Waals surface area (Å²) in [6, 6.07) is 16.5. The second-order valence-electron chi connectivity index (χ2n) is 6.34. The fraction of sp³-hybridized carbons (Fsp3) is 0.364. The number of hydrogen-bond acceptors (Lipinski definition) is 4. The smallest absolute Gasteiger partial charge is 0.257 e. The maximum Gasteiger partial charge on any atom is 0.257 e. The van der Waals surface area contributed by atoms with Gasteiger partial charge in [0.15, 0.2) is 4.84 Å². The molecule has 0 heterocycles. The number of carbonyl (C=O) groups excluding carboxylic acids is 2. The van der Waals surface area contributed by atoms with Crippen LogP contribution in [-0.4, -0.2) is 41.3 Å². The molecule has 0 aliphatic carbocycles. The summed E-state index contributed by atoms with van der Waals surface area (Å²) in [5, 5.41) is 2.87. The Morgan fingerprint density at radius 2 is 1.63 bits per heavy atom. The summed E-state index contributed by atoms with van der Waals surface area (Å²) in [6.45, 7) is 4.61. The molecule has 2 rings (SSSR count). The monoisotopic (exact) mass is 452 g/mol. The van der Waals surface area contributed by atoms with Crippen molar-refractivity contribution in [1.82, 2.24) is 10.2 Å². The van der Waals surface area contributed by atoms with Crippen LogP contribution in [-0.2, 0) is 14.3 Å². The number of hydrogen-bond donors (Lipinski definition) is 1. The Kier molecular flexibility index (Phi) is 9.94. The molecule has 30 heavy (non-hydrogen) atoms. The molecule has 162 valence electrons.